The maximum absolute atomic E-state index is 12.1. The summed E-state index contributed by atoms with van der Waals surface area (Å²) in [6.07, 6.45) is 19.2. The predicted octanol–water partition coefficient (Wildman–Crippen LogP) is 8.70. The summed E-state index contributed by atoms with van der Waals surface area (Å²) in [4.78, 5) is 12.1. The van der Waals surface area contributed by atoms with E-state index in [9.17, 15) is 4.79 Å². The quantitative estimate of drug-likeness (QED) is 0.418. The molecule has 0 aliphatic heterocycles. The molecule has 0 aromatic carbocycles. The Morgan fingerprint density at radius 1 is 0.781 bits per heavy atom. The van der Waals surface area contributed by atoms with Crippen molar-refractivity contribution in [3.63, 3.8) is 0 Å². The van der Waals surface area contributed by atoms with Gasteiger partial charge in [-0.15, -0.1) is 0 Å². The first-order valence-electron chi connectivity index (χ1n) is 14.8. The van der Waals surface area contributed by atoms with E-state index in [4.69, 9.17) is 0 Å². The SMILES string of the molecule is CC(C)CCC[C@@H](C)[C@H]1CC[C@H]2[C@@H]3CC[C@@H]4[C@H]5CCC(=O)C[C@@H]5CC[C@]4(C)[C@H]3CC[C@]12C. The Hall–Kier alpha value is -0.330. The largest absolute Gasteiger partial charge is 0.300 e. The van der Waals surface area contributed by atoms with Crippen LogP contribution in [0.4, 0.5) is 0 Å². The fourth-order valence-corrected chi connectivity index (χ4v) is 11.0. The van der Waals surface area contributed by atoms with Gasteiger partial charge in [-0.1, -0.05) is 53.9 Å². The van der Waals surface area contributed by atoms with Crippen molar-refractivity contribution in [2.45, 2.75) is 125 Å². The van der Waals surface area contributed by atoms with Gasteiger partial charge in [0.2, 0.25) is 0 Å². The zero-order valence-electron chi connectivity index (χ0n) is 22.0. The van der Waals surface area contributed by atoms with Gasteiger partial charge in [0.1, 0.15) is 5.78 Å². The summed E-state index contributed by atoms with van der Waals surface area (Å²) in [6, 6.07) is 0. The van der Waals surface area contributed by atoms with Crippen molar-refractivity contribution in [1.29, 1.82) is 0 Å². The van der Waals surface area contributed by atoms with E-state index in [-0.39, 0.29) is 0 Å². The highest BCUT2D eigenvalue weighted by molar-refractivity contribution is 5.79. The van der Waals surface area contributed by atoms with E-state index in [1.807, 2.05) is 0 Å². The van der Waals surface area contributed by atoms with Crippen LogP contribution in [-0.4, -0.2) is 5.78 Å². The van der Waals surface area contributed by atoms with Crippen LogP contribution in [0.1, 0.15) is 125 Å². The molecular formula is C31H52O. The molecule has 32 heavy (non-hydrogen) atoms. The number of ketones is 1. The van der Waals surface area contributed by atoms with Crippen LogP contribution in [0.2, 0.25) is 0 Å². The van der Waals surface area contributed by atoms with E-state index < -0.39 is 0 Å². The molecule has 10 atom stereocenters. The van der Waals surface area contributed by atoms with Crippen LogP contribution < -0.4 is 0 Å². The van der Waals surface area contributed by atoms with Crippen LogP contribution in [0, 0.1) is 64.1 Å². The first kappa shape index (κ1) is 23.4. The second kappa shape index (κ2) is 8.71. The fraction of sp³-hybridized carbons (Fsp3) is 0.968. The molecular weight excluding hydrogens is 388 g/mol. The number of carbonyl (C=O) groups excluding carboxylic acids is 1. The van der Waals surface area contributed by atoms with Crippen molar-refractivity contribution in [1.82, 2.24) is 0 Å². The minimum atomic E-state index is 0.566. The second-order valence-electron chi connectivity index (χ2n) is 14.3. The average Bonchev–Trinajstić information content (AvgIpc) is 3.10. The summed E-state index contributed by atoms with van der Waals surface area (Å²) in [7, 11) is 0. The Labute approximate surface area is 199 Å². The highest BCUT2D eigenvalue weighted by Crippen LogP contribution is 2.70. The van der Waals surface area contributed by atoms with Crippen LogP contribution in [0.25, 0.3) is 0 Å². The van der Waals surface area contributed by atoms with E-state index in [1.165, 1.54) is 77.0 Å². The summed E-state index contributed by atoms with van der Waals surface area (Å²) >= 11 is 0. The number of carbonyl (C=O) groups is 1. The van der Waals surface area contributed by atoms with Gasteiger partial charge in [-0.25, -0.2) is 0 Å². The second-order valence-corrected chi connectivity index (χ2v) is 14.3. The lowest BCUT2D eigenvalue weighted by Gasteiger charge is -2.63. The summed E-state index contributed by atoms with van der Waals surface area (Å²) in [5, 5.41) is 0. The van der Waals surface area contributed by atoms with Crippen LogP contribution in [0.15, 0.2) is 0 Å². The third-order valence-corrected chi connectivity index (χ3v) is 12.6. The lowest BCUT2D eigenvalue weighted by molar-refractivity contribution is -0.151. The summed E-state index contributed by atoms with van der Waals surface area (Å²) < 4.78 is 0. The molecule has 1 heteroatoms. The average molecular weight is 441 g/mol. The van der Waals surface area contributed by atoms with Crippen molar-refractivity contribution in [3.05, 3.63) is 0 Å². The molecule has 5 fully saturated rings. The molecule has 0 amide bonds. The van der Waals surface area contributed by atoms with Gasteiger partial charge in [0, 0.05) is 12.8 Å². The minimum Gasteiger partial charge on any atom is -0.300 e. The van der Waals surface area contributed by atoms with E-state index in [2.05, 4.69) is 34.6 Å². The van der Waals surface area contributed by atoms with Crippen molar-refractivity contribution >= 4 is 5.78 Å². The monoisotopic (exact) mass is 440 g/mol. The molecule has 1 nitrogen and oxygen atoms in total. The van der Waals surface area contributed by atoms with E-state index in [0.29, 0.717) is 16.6 Å². The Bertz CT molecular complexity index is 695. The topological polar surface area (TPSA) is 17.1 Å². The number of Topliss-reactive ketones (excluding diaryl/α,β-unsaturated/α-hetero) is 1. The third-order valence-electron chi connectivity index (χ3n) is 12.6. The van der Waals surface area contributed by atoms with Gasteiger partial charge in [-0.3, -0.25) is 4.79 Å². The summed E-state index contributed by atoms with van der Waals surface area (Å²) in [5.41, 5.74) is 1.20. The first-order chi connectivity index (χ1) is 15.2. The number of fused-ring (bicyclic) bond motifs is 7. The lowest BCUT2D eigenvalue weighted by atomic mass is 9.41. The van der Waals surface area contributed by atoms with Crippen LogP contribution in [0.3, 0.4) is 0 Å². The molecule has 0 radical (unpaired) electrons. The fourth-order valence-electron chi connectivity index (χ4n) is 11.0. The molecule has 0 aromatic heterocycles. The Kier molecular flexibility index (Phi) is 6.37. The van der Waals surface area contributed by atoms with Gasteiger partial charge in [0.25, 0.3) is 0 Å². The summed E-state index contributed by atoms with van der Waals surface area (Å²) in [6.45, 7) is 12.8. The molecule has 5 saturated carbocycles. The van der Waals surface area contributed by atoms with Crippen LogP contribution in [-0.2, 0) is 4.79 Å². The Balaban J connectivity index is 1.30. The van der Waals surface area contributed by atoms with Gasteiger partial charge >= 0.3 is 0 Å². The van der Waals surface area contributed by atoms with Gasteiger partial charge in [0.15, 0.2) is 0 Å². The third kappa shape index (κ3) is 3.75. The molecule has 0 spiro atoms. The predicted molar refractivity (Wildman–Crippen MR) is 134 cm³/mol. The molecule has 0 N–H and O–H groups in total. The molecule has 0 aromatic rings. The Morgan fingerprint density at radius 3 is 2.25 bits per heavy atom. The van der Waals surface area contributed by atoms with Crippen LogP contribution >= 0.6 is 0 Å². The standard InChI is InChI=1S/C31H52O/c1-20(2)7-6-8-21(3)26-13-14-28-25-11-12-27-24-10-9-23(32)19-22(24)15-17-31(27,5)29(25)16-18-30(26,28)4/h20-22,24-29H,6-19H2,1-5H3/t21-,22+,24+,25+,26-,27-,28+,29+,30-,31+/m1/s1. The Morgan fingerprint density at radius 2 is 1.47 bits per heavy atom. The number of rotatable bonds is 5. The van der Waals surface area contributed by atoms with E-state index in [1.54, 1.807) is 0 Å². The zero-order valence-corrected chi connectivity index (χ0v) is 22.0. The van der Waals surface area contributed by atoms with Gasteiger partial charge in [-0.2, -0.15) is 0 Å². The van der Waals surface area contributed by atoms with Crippen molar-refractivity contribution in [2.24, 2.45) is 64.1 Å². The van der Waals surface area contributed by atoms with Crippen molar-refractivity contribution in [3.8, 4) is 0 Å². The molecule has 5 aliphatic rings. The van der Waals surface area contributed by atoms with Crippen LogP contribution in [0.5, 0.6) is 0 Å². The first-order valence-corrected chi connectivity index (χ1v) is 14.8. The zero-order chi connectivity index (χ0) is 22.7. The maximum atomic E-state index is 12.1. The maximum Gasteiger partial charge on any atom is 0.133 e. The van der Waals surface area contributed by atoms with Gasteiger partial charge < -0.3 is 0 Å². The minimum absolute atomic E-state index is 0.566. The highest BCUT2D eigenvalue weighted by Gasteiger charge is 2.62. The summed E-state index contributed by atoms with van der Waals surface area (Å²) in [5.74, 6) is 8.84. The van der Waals surface area contributed by atoms with E-state index in [0.717, 1.165) is 66.1 Å². The molecule has 5 aliphatic carbocycles. The lowest BCUT2D eigenvalue weighted by Crippen LogP contribution is -2.56. The van der Waals surface area contributed by atoms with Crippen molar-refractivity contribution in [2.75, 3.05) is 0 Å². The number of hydrogen-bond donors (Lipinski definition) is 0. The van der Waals surface area contributed by atoms with E-state index >= 15 is 0 Å². The molecule has 0 bridgehead atoms. The highest BCUT2D eigenvalue weighted by atomic mass is 16.1. The molecule has 0 saturated heterocycles. The normalized spacial score (nSPS) is 49.2. The van der Waals surface area contributed by atoms with Crippen molar-refractivity contribution < 1.29 is 4.79 Å². The molecule has 0 unspecified atom stereocenters. The van der Waals surface area contributed by atoms with Gasteiger partial charge in [-0.05, 0) is 122 Å². The molecule has 182 valence electrons. The molecule has 5 rings (SSSR count). The smallest absolute Gasteiger partial charge is 0.133 e. The van der Waals surface area contributed by atoms with Gasteiger partial charge in [0.05, 0.1) is 0 Å². The number of hydrogen-bond acceptors (Lipinski definition) is 1. The molecule has 0 heterocycles.